The van der Waals surface area contributed by atoms with Crippen LogP contribution in [0.1, 0.15) is 16.1 Å². The third-order valence-electron chi connectivity index (χ3n) is 3.86. The molecule has 0 aliphatic rings. The maximum Gasteiger partial charge on any atom is 0.277 e. The van der Waals surface area contributed by atoms with Gasteiger partial charge in [0.15, 0.2) is 5.82 Å². The summed E-state index contributed by atoms with van der Waals surface area (Å²) in [6, 6.07) is 6.48. The molecule has 0 fully saturated rings. The molecule has 1 amide bonds. The number of carbonyl (C=O) groups is 1. The molecule has 0 bridgehead atoms. The first-order valence-corrected chi connectivity index (χ1v) is 9.28. The number of hydrogen-bond acceptors (Lipinski definition) is 6. The average Bonchev–Trinajstić information content (AvgIpc) is 2.66. The molecular weight excluding hydrogens is 455 g/mol. The summed E-state index contributed by atoms with van der Waals surface area (Å²) in [5.41, 5.74) is 3.02. The number of carbonyl (C=O) groups excluding carboxylic acids is 1. The van der Waals surface area contributed by atoms with Crippen LogP contribution in [0.25, 0.3) is 10.9 Å². The first kappa shape index (κ1) is 20.4. The Balaban J connectivity index is 2.13. The van der Waals surface area contributed by atoms with E-state index < -0.39 is 11.7 Å². The summed E-state index contributed by atoms with van der Waals surface area (Å²) >= 11 is 9.52. The minimum Gasteiger partial charge on any atom is -0.394 e. The molecule has 3 N–H and O–H groups in total. The second kappa shape index (κ2) is 8.78. The number of anilines is 2. The van der Waals surface area contributed by atoms with Gasteiger partial charge in [0.2, 0.25) is 0 Å². The maximum absolute atomic E-state index is 15.3. The minimum atomic E-state index is -0.728. The van der Waals surface area contributed by atoms with E-state index in [0.29, 0.717) is 21.8 Å². The Morgan fingerprint density at radius 1 is 1.36 bits per heavy atom. The molecule has 146 valence electrons. The largest absolute Gasteiger partial charge is 0.394 e. The Kier molecular flexibility index (Phi) is 6.40. The lowest BCUT2D eigenvalue weighted by molar-refractivity contribution is 0.0169. The van der Waals surface area contributed by atoms with Crippen LogP contribution in [0.15, 0.2) is 35.1 Å². The Hall–Kier alpha value is -2.33. The molecule has 0 saturated heterocycles. The Labute approximate surface area is 173 Å². The highest BCUT2D eigenvalue weighted by atomic mass is 79.9. The highest BCUT2D eigenvalue weighted by Gasteiger charge is 2.22. The van der Waals surface area contributed by atoms with E-state index in [1.165, 1.54) is 12.4 Å². The van der Waals surface area contributed by atoms with Gasteiger partial charge in [-0.2, -0.15) is 0 Å². The van der Waals surface area contributed by atoms with Crippen LogP contribution in [0, 0.1) is 12.7 Å². The highest BCUT2D eigenvalue weighted by molar-refractivity contribution is 9.10. The zero-order chi connectivity index (χ0) is 20.3. The Bertz CT molecular complexity index is 1050. The summed E-state index contributed by atoms with van der Waals surface area (Å²) in [5.74, 6) is -1.43. The van der Waals surface area contributed by atoms with Gasteiger partial charge in [-0.25, -0.2) is 19.8 Å². The van der Waals surface area contributed by atoms with Gasteiger partial charge in [0.1, 0.15) is 11.8 Å². The van der Waals surface area contributed by atoms with Crippen LogP contribution in [0.5, 0.6) is 0 Å². The first-order valence-electron chi connectivity index (χ1n) is 8.11. The summed E-state index contributed by atoms with van der Waals surface area (Å²) in [7, 11) is 0. The van der Waals surface area contributed by atoms with Gasteiger partial charge >= 0.3 is 0 Å². The standard InChI is InChI=1S/C18H15BrClFN4O3/c1-9-11-7-12(18(27)25-28-5-4-26)17(15(21)16(11)23-8-22-9)24-14-3-2-10(19)6-13(14)20/h2-3,6-8,24,26H,4-5H2,1H3,(H,25,27). The second-order valence-electron chi connectivity index (χ2n) is 5.72. The zero-order valence-electron chi connectivity index (χ0n) is 14.6. The second-order valence-corrected chi connectivity index (χ2v) is 7.04. The molecule has 0 radical (unpaired) electrons. The van der Waals surface area contributed by atoms with E-state index in [2.05, 4.69) is 36.7 Å². The smallest absolute Gasteiger partial charge is 0.277 e. The van der Waals surface area contributed by atoms with Crippen LogP contribution < -0.4 is 10.8 Å². The molecule has 1 aromatic heterocycles. The van der Waals surface area contributed by atoms with Crippen LogP contribution in [0.3, 0.4) is 0 Å². The molecule has 2 aromatic carbocycles. The van der Waals surface area contributed by atoms with E-state index in [1.807, 2.05) is 0 Å². The number of hydrogen-bond donors (Lipinski definition) is 3. The van der Waals surface area contributed by atoms with E-state index in [-0.39, 0.29) is 30.0 Å². The van der Waals surface area contributed by atoms with Crippen LogP contribution in [-0.4, -0.2) is 34.2 Å². The van der Waals surface area contributed by atoms with Gasteiger partial charge in [-0.3, -0.25) is 9.63 Å². The summed E-state index contributed by atoms with van der Waals surface area (Å²) in [6.45, 7) is 1.30. The van der Waals surface area contributed by atoms with Gasteiger partial charge < -0.3 is 10.4 Å². The van der Waals surface area contributed by atoms with Gasteiger partial charge in [0.05, 0.1) is 35.2 Å². The van der Waals surface area contributed by atoms with Crippen molar-refractivity contribution in [1.82, 2.24) is 15.4 Å². The summed E-state index contributed by atoms with van der Waals surface area (Å²) in [5, 5.41) is 12.4. The summed E-state index contributed by atoms with van der Waals surface area (Å²) in [6.07, 6.45) is 1.25. The van der Waals surface area contributed by atoms with Crippen LogP contribution in [0.2, 0.25) is 5.02 Å². The van der Waals surface area contributed by atoms with Crippen LogP contribution in [-0.2, 0) is 4.84 Å². The van der Waals surface area contributed by atoms with Crippen molar-refractivity contribution in [1.29, 1.82) is 0 Å². The van der Waals surface area contributed by atoms with Crippen LogP contribution in [0.4, 0.5) is 15.8 Å². The van der Waals surface area contributed by atoms with Crippen molar-refractivity contribution in [2.45, 2.75) is 6.92 Å². The zero-order valence-corrected chi connectivity index (χ0v) is 16.9. The van der Waals surface area contributed by atoms with Crippen molar-refractivity contribution in [3.63, 3.8) is 0 Å². The number of aromatic nitrogens is 2. The number of fused-ring (bicyclic) bond motifs is 1. The monoisotopic (exact) mass is 468 g/mol. The fraction of sp³-hybridized carbons (Fsp3) is 0.167. The number of amides is 1. The average molecular weight is 470 g/mol. The molecule has 0 aliphatic carbocycles. The number of nitrogens with zero attached hydrogens (tertiary/aromatic N) is 2. The molecule has 1 heterocycles. The highest BCUT2D eigenvalue weighted by Crippen LogP contribution is 2.34. The first-order chi connectivity index (χ1) is 13.4. The maximum atomic E-state index is 15.3. The number of nitrogens with one attached hydrogen (secondary N) is 2. The molecule has 0 saturated carbocycles. The molecule has 0 atom stereocenters. The van der Waals surface area contributed by atoms with Crippen molar-refractivity contribution in [2.75, 3.05) is 18.5 Å². The van der Waals surface area contributed by atoms with Crippen molar-refractivity contribution in [3.05, 3.63) is 57.2 Å². The number of aliphatic hydroxyl groups is 1. The number of hydroxylamine groups is 1. The normalized spacial score (nSPS) is 10.9. The van der Waals surface area contributed by atoms with Gasteiger partial charge in [-0.1, -0.05) is 27.5 Å². The van der Waals surface area contributed by atoms with Crippen molar-refractivity contribution < 1.29 is 19.1 Å². The van der Waals surface area contributed by atoms with Gasteiger partial charge in [0, 0.05) is 15.6 Å². The lowest BCUT2D eigenvalue weighted by Gasteiger charge is -2.16. The van der Waals surface area contributed by atoms with Gasteiger partial charge in [-0.15, -0.1) is 0 Å². The molecular formula is C18H15BrClFN4O3. The minimum absolute atomic E-state index is 0.0279. The molecule has 3 aromatic rings. The number of rotatable bonds is 6. The number of halogens is 3. The van der Waals surface area contributed by atoms with Crippen LogP contribution >= 0.6 is 27.5 Å². The lowest BCUT2D eigenvalue weighted by atomic mass is 10.1. The van der Waals surface area contributed by atoms with Gasteiger partial charge in [-0.05, 0) is 31.2 Å². The number of aryl methyl sites for hydroxylation is 1. The molecule has 7 nitrogen and oxygen atoms in total. The number of benzene rings is 2. The molecule has 0 aliphatic heterocycles. The molecule has 0 unspecified atom stereocenters. The molecule has 0 spiro atoms. The predicted octanol–water partition coefficient (Wildman–Crippen LogP) is 3.89. The van der Waals surface area contributed by atoms with Crippen molar-refractivity contribution in [3.8, 4) is 0 Å². The fourth-order valence-electron chi connectivity index (χ4n) is 2.53. The number of aliphatic hydroxyl groups excluding tert-OH is 1. The topological polar surface area (TPSA) is 96.4 Å². The third-order valence-corrected chi connectivity index (χ3v) is 4.67. The summed E-state index contributed by atoms with van der Waals surface area (Å²) < 4.78 is 16.0. The van der Waals surface area contributed by atoms with E-state index in [0.717, 1.165) is 4.47 Å². The Morgan fingerprint density at radius 2 is 2.14 bits per heavy atom. The predicted molar refractivity (Wildman–Crippen MR) is 107 cm³/mol. The molecule has 3 rings (SSSR count). The van der Waals surface area contributed by atoms with Crippen molar-refractivity contribution >= 4 is 55.7 Å². The summed E-state index contributed by atoms with van der Waals surface area (Å²) in [4.78, 5) is 25.5. The van der Waals surface area contributed by atoms with Gasteiger partial charge in [0.25, 0.3) is 5.91 Å². The lowest BCUT2D eigenvalue weighted by Crippen LogP contribution is -2.26. The van der Waals surface area contributed by atoms with E-state index in [1.54, 1.807) is 25.1 Å². The molecule has 28 heavy (non-hydrogen) atoms. The van der Waals surface area contributed by atoms with E-state index in [4.69, 9.17) is 21.5 Å². The van der Waals surface area contributed by atoms with E-state index in [9.17, 15) is 4.79 Å². The fourth-order valence-corrected chi connectivity index (χ4v) is 3.25. The van der Waals surface area contributed by atoms with Crippen molar-refractivity contribution in [2.24, 2.45) is 0 Å². The molecule has 10 heteroatoms. The van der Waals surface area contributed by atoms with E-state index >= 15 is 4.39 Å². The quantitative estimate of drug-likeness (QED) is 0.374. The SMILES string of the molecule is Cc1ncnc2c(F)c(Nc3ccc(Br)cc3Cl)c(C(=O)NOCCO)cc12. The third kappa shape index (κ3) is 4.22. The Morgan fingerprint density at radius 3 is 2.86 bits per heavy atom.